The molecule has 2 heterocycles. The maximum Gasteiger partial charge on any atom is 0.153 e. The number of hydrogen-bond donors (Lipinski definition) is 1. The Bertz CT molecular complexity index is 436. The van der Waals surface area contributed by atoms with Crippen molar-refractivity contribution in [2.24, 2.45) is 0 Å². The molecule has 0 amide bonds. The third-order valence-electron chi connectivity index (χ3n) is 2.09. The third kappa shape index (κ3) is 1.61. The summed E-state index contributed by atoms with van der Waals surface area (Å²) in [5.41, 5.74) is 2.50. The Labute approximate surface area is 82.2 Å². The zero-order chi connectivity index (χ0) is 9.97. The van der Waals surface area contributed by atoms with Crippen LogP contribution in [0.5, 0.6) is 0 Å². The first kappa shape index (κ1) is 9.15. The molecule has 4 heteroatoms. The van der Waals surface area contributed by atoms with Crippen molar-refractivity contribution in [3.63, 3.8) is 0 Å². The SMILES string of the molecule is CCCc1ccc2nc(CO)cn2n1. The summed E-state index contributed by atoms with van der Waals surface area (Å²) in [5, 5.41) is 13.3. The van der Waals surface area contributed by atoms with E-state index >= 15 is 0 Å². The standard InChI is InChI=1S/C10H13N3O/c1-2-3-8-4-5-10-11-9(7-14)6-13(10)12-8/h4-6,14H,2-3,7H2,1H3. The molecule has 0 aliphatic carbocycles. The number of aromatic nitrogens is 3. The Kier molecular flexibility index (Phi) is 2.45. The monoisotopic (exact) mass is 191 g/mol. The van der Waals surface area contributed by atoms with Gasteiger partial charge in [-0.2, -0.15) is 5.10 Å². The summed E-state index contributed by atoms with van der Waals surface area (Å²) < 4.78 is 1.72. The topological polar surface area (TPSA) is 50.4 Å². The second-order valence-electron chi connectivity index (χ2n) is 3.27. The molecule has 0 bridgehead atoms. The van der Waals surface area contributed by atoms with Gasteiger partial charge < -0.3 is 5.11 Å². The molecule has 0 aliphatic rings. The van der Waals surface area contributed by atoms with Crippen molar-refractivity contribution in [1.82, 2.24) is 14.6 Å². The van der Waals surface area contributed by atoms with E-state index in [4.69, 9.17) is 5.11 Å². The van der Waals surface area contributed by atoms with Gasteiger partial charge in [-0.25, -0.2) is 9.50 Å². The van der Waals surface area contributed by atoms with E-state index in [0.29, 0.717) is 5.69 Å². The maximum atomic E-state index is 8.91. The van der Waals surface area contributed by atoms with Gasteiger partial charge in [-0.1, -0.05) is 13.3 Å². The maximum absolute atomic E-state index is 8.91. The summed E-state index contributed by atoms with van der Waals surface area (Å²) in [7, 11) is 0. The van der Waals surface area contributed by atoms with Crippen molar-refractivity contribution in [3.8, 4) is 0 Å². The van der Waals surface area contributed by atoms with E-state index < -0.39 is 0 Å². The fraction of sp³-hybridized carbons (Fsp3) is 0.400. The van der Waals surface area contributed by atoms with Crippen molar-refractivity contribution in [2.75, 3.05) is 0 Å². The summed E-state index contributed by atoms with van der Waals surface area (Å²) in [4.78, 5) is 4.18. The number of aliphatic hydroxyl groups is 1. The molecule has 0 aliphatic heterocycles. The van der Waals surface area contributed by atoms with Gasteiger partial charge in [-0.3, -0.25) is 0 Å². The van der Waals surface area contributed by atoms with E-state index in [1.165, 1.54) is 0 Å². The first-order valence-corrected chi connectivity index (χ1v) is 4.78. The number of imidazole rings is 1. The van der Waals surface area contributed by atoms with Crippen LogP contribution in [0.3, 0.4) is 0 Å². The number of nitrogens with zero attached hydrogens (tertiary/aromatic N) is 3. The molecule has 2 aromatic heterocycles. The molecule has 0 radical (unpaired) electrons. The summed E-state index contributed by atoms with van der Waals surface area (Å²) in [6, 6.07) is 3.91. The van der Waals surface area contributed by atoms with Crippen LogP contribution < -0.4 is 0 Å². The summed E-state index contributed by atoms with van der Waals surface area (Å²) in [6.07, 6.45) is 3.82. The smallest absolute Gasteiger partial charge is 0.153 e. The number of aliphatic hydroxyl groups excluding tert-OH is 1. The van der Waals surface area contributed by atoms with Crippen LogP contribution in [-0.4, -0.2) is 19.7 Å². The van der Waals surface area contributed by atoms with Crippen LogP contribution in [-0.2, 0) is 13.0 Å². The third-order valence-corrected chi connectivity index (χ3v) is 2.09. The number of fused-ring (bicyclic) bond motifs is 1. The van der Waals surface area contributed by atoms with Gasteiger partial charge in [-0.15, -0.1) is 0 Å². The quantitative estimate of drug-likeness (QED) is 0.792. The van der Waals surface area contributed by atoms with Gasteiger partial charge in [0.25, 0.3) is 0 Å². The first-order valence-electron chi connectivity index (χ1n) is 4.78. The van der Waals surface area contributed by atoms with Crippen LogP contribution >= 0.6 is 0 Å². The fourth-order valence-corrected chi connectivity index (χ4v) is 1.44. The normalized spacial score (nSPS) is 11.0. The van der Waals surface area contributed by atoms with Gasteiger partial charge in [0.05, 0.1) is 24.2 Å². The Hall–Kier alpha value is -1.42. The van der Waals surface area contributed by atoms with E-state index in [9.17, 15) is 0 Å². The lowest BCUT2D eigenvalue weighted by Gasteiger charge is -1.97. The van der Waals surface area contributed by atoms with E-state index in [1.807, 2.05) is 12.1 Å². The van der Waals surface area contributed by atoms with Gasteiger partial charge in [0.1, 0.15) is 0 Å². The van der Waals surface area contributed by atoms with Gasteiger partial charge in [0, 0.05) is 0 Å². The lowest BCUT2D eigenvalue weighted by molar-refractivity contribution is 0.277. The Morgan fingerprint density at radius 1 is 1.36 bits per heavy atom. The van der Waals surface area contributed by atoms with Crippen molar-refractivity contribution in [1.29, 1.82) is 0 Å². The van der Waals surface area contributed by atoms with Gasteiger partial charge >= 0.3 is 0 Å². The molecule has 2 aromatic rings. The largest absolute Gasteiger partial charge is 0.390 e. The predicted molar refractivity (Wildman–Crippen MR) is 52.9 cm³/mol. The minimum absolute atomic E-state index is 0.0352. The highest BCUT2D eigenvalue weighted by atomic mass is 16.3. The Balaban J connectivity index is 2.43. The van der Waals surface area contributed by atoms with E-state index in [-0.39, 0.29) is 6.61 Å². The second-order valence-corrected chi connectivity index (χ2v) is 3.27. The number of hydrogen-bond acceptors (Lipinski definition) is 3. The van der Waals surface area contributed by atoms with E-state index in [0.717, 1.165) is 24.2 Å². The van der Waals surface area contributed by atoms with E-state index in [2.05, 4.69) is 17.0 Å². The van der Waals surface area contributed by atoms with Crippen LogP contribution in [0.4, 0.5) is 0 Å². The van der Waals surface area contributed by atoms with Gasteiger partial charge in [0.15, 0.2) is 5.65 Å². The lowest BCUT2D eigenvalue weighted by Crippen LogP contribution is -1.96. The van der Waals surface area contributed by atoms with Crippen LogP contribution in [0.2, 0.25) is 0 Å². The molecular formula is C10H13N3O. The summed E-state index contributed by atoms with van der Waals surface area (Å²) in [6.45, 7) is 2.09. The molecule has 1 N–H and O–H groups in total. The molecule has 0 atom stereocenters. The highest BCUT2D eigenvalue weighted by Crippen LogP contribution is 2.05. The van der Waals surface area contributed by atoms with Crippen LogP contribution in [0.25, 0.3) is 5.65 Å². The average Bonchev–Trinajstić information content (AvgIpc) is 2.60. The van der Waals surface area contributed by atoms with Crippen molar-refractivity contribution in [3.05, 3.63) is 29.7 Å². The van der Waals surface area contributed by atoms with Crippen LogP contribution in [0.1, 0.15) is 24.7 Å². The molecular weight excluding hydrogens is 178 g/mol. The second kappa shape index (κ2) is 3.75. The summed E-state index contributed by atoms with van der Waals surface area (Å²) in [5.74, 6) is 0. The first-order chi connectivity index (χ1) is 6.83. The molecule has 2 rings (SSSR count). The van der Waals surface area contributed by atoms with Gasteiger partial charge in [0.2, 0.25) is 0 Å². The fourth-order valence-electron chi connectivity index (χ4n) is 1.44. The average molecular weight is 191 g/mol. The highest BCUT2D eigenvalue weighted by molar-refractivity contribution is 5.38. The van der Waals surface area contributed by atoms with Gasteiger partial charge in [-0.05, 0) is 18.6 Å². The molecule has 0 spiro atoms. The van der Waals surface area contributed by atoms with E-state index in [1.54, 1.807) is 10.7 Å². The number of aryl methyl sites for hydroxylation is 1. The molecule has 0 fully saturated rings. The Morgan fingerprint density at radius 2 is 2.21 bits per heavy atom. The van der Waals surface area contributed by atoms with Crippen molar-refractivity contribution < 1.29 is 5.11 Å². The minimum atomic E-state index is -0.0352. The molecule has 0 unspecified atom stereocenters. The molecule has 0 saturated carbocycles. The lowest BCUT2D eigenvalue weighted by atomic mass is 10.2. The molecule has 0 aromatic carbocycles. The Morgan fingerprint density at radius 3 is 2.93 bits per heavy atom. The van der Waals surface area contributed by atoms with Crippen molar-refractivity contribution >= 4 is 5.65 Å². The van der Waals surface area contributed by atoms with Crippen molar-refractivity contribution in [2.45, 2.75) is 26.4 Å². The zero-order valence-corrected chi connectivity index (χ0v) is 8.14. The highest BCUT2D eigenvalue weighted by Gasteiger charge is 2.01. The van der Waals surface area contributed by atoms with Crippen LogP contribution in [0, 0.1) is 0 Å². The summed E-state index contributed by atoms with van der Waals surface area (Å²) >= 11 is 0. The minimum Gasteiger partial charge on any atom is -0.390 e. The zero-order valence-electron chi connectivity index (χ0n) is 8.14. The number of rotatable bonds is 3. The predicted octanol–water partition coefficient (Wildman–Crippen LogP) is 1.17. The van der Waals surface area contributed by atoms with Crippen LogP contribution in [0.15, 0.2) is 18.3 Å². The molecule has 0 saturated heterocycles. The molecule has 74 valence electrons. The molecule has 14 heavy (non-hydrogen) atoms. The molecule has 4 nitrogen and oxygen atoms in total.